The molecule has 6 atom stereocenters. The molecule has 1 saturated heterocycles. The largest absolute Gasteiger partial charge is 0.392 e. The number of amides is 1. The Morgan fingerprint density at radius 1 is 1.33 bits per heavy atom. The summed E-state index contributed by atoms with van der Waals surface area (Å²) in [7, 11) is 0. The van der Waals surface area contributed by atoms with Crippen LogP contribution in [0.5, 0.6) is 0 Å². The molecule has 2 heterocycles. The number of hydrogen-bond acceptors (Lipinski definition) is 6. The maximum Gasteiger partial charge on any atom is 0.223 e. The lowest BCUT2D eigenvalue weighted by Crippen LogP contribution is -2.53. The van der Waals surface area contributed by atoms with Gasteiger partial charge in [-0.05, 0) is 60.8 Å². The van der Waals surface area contributed by atoms with Crippen molar-refractivity contribution in [3.8, 4) is 10.6 Å². The van der Waals surface area contributed by atoms with E-state index in [9.17, 15) is 14.3 Å². The zero-order valence-electron chi connectivity index (χ0n) is 21.5. The summed E-state index contributed by atoms with van der Waals surface area (Å²) in [5.41, 5.74) is 1.96. The Labute approximate surface area is 217 Å². The van der Waals surface area contributed by atoms with Crippen LogP contribution in [0.1, 0.15) is 50.1 Å². The van der Waals surface area contributed by atoms with Crippen LogP contribution < -0.4 is 5.32 Å². The Bertz CT molecular complexity index is 1070. The number of ether oxygens (including phenoxy) is 1. The van der Waals surface area contributed by atoms with E-state index in [4.69, 9.17) is 9.72 Å². The first kappa shape index (κ1) is 25.8. The van der Waals surface area contributed by atoms with Crippen molar-refractivity contribution in [3.05, 3.63) is 40.7 Å². The third-order valence-corrected chi connectivity index (χ3v) is 10.0. The van der Waals surface area contributed by atoms with Gasteiger partial charge in [-0.1, -0.05) is 20.8 Å². The molecule has 1 aliphatic heterocycles. The number of fused-ring (bicyclic) bond motifs is 2. The molecule has 3 aliphatic rings. The number of aromatic nitrogens is 1. The van der Waals surface area contributed by atoms with E-state index in [2.05, 4.69) is 24.1 Å². The number of carbonyl (C=O) groups is 1. The lowest BCUT2D eigenvalue weighted by atomic mass is 9.53. The Morgan fingerprint density at radius 3 is 2.78 bits per heavy atom. The topological polar surface area (TPSA) is 74.7 Å². The monoisotopic (exact) mass is 515 g/mol. The second-order valence-corrected chi connectivity index (χ2v) is 12.3. The highest BCUT2D eigenvalue weighted by atomic mass is 32.1. The van der Waals surface area contributed by atoms with Crippen LogP contribution in [-0.2, 0) is 16.0 Å². The van der Waals surface area contributed by atoms with Gasteiger partial charge in [-0.25, -0.2) is 9.37 Å². The van der Waals surface area contributed by atoms with Gasteiger partial charge in [-0.15, -0.1) is 11.3 Å². The van der Waals surface area contributed by atoms with E-state index in [0.29, 0.717) is 6.54 Å². The number of thiazole rings is 1. The summed E-state index contributed by atoms with van der Waals surface area (Å²) in [4.78, 5) is 21.6. The van der Waals surface area contributed by atoms with Crippen LogP contribution in [0.15, 0.2) is 24.3 Å². The Morgan fingerprint density at radius 2 is 2.06 bits per heavy atom. The van der Waals surface area contributed by atoms with Crippen LogP contribution in [0.25, 0.3) is 10.6 Å². The van der Waals surface area contributed by atoms with Crippen LogP contribution in [0.3, 0.4) is 0 Å². The molecular weight excluding hydrogens is 477 g/mol. The quantitative estimate of drug-likeness (QED) is 0.606. The summed E-state index contributed by atoms with van der Waals surface area (Å²) in [6.07, 6.45) is 2.17. The fraction of sp³-hybridized carbons (Fsp3) is 0.643. The smallest absolute Gasteiger partial charge is 0.223 e. The summed E-state index contributed by atoms with van der Waals surface area (Å²) < 4.78 is 18.8. The van der Waals surface area contributed by atoms with Gasteiger partial charge in [0.25, 0.3) is 0 Å². The van der Waals surface area contributed by atoms with Crippen molar-refractivity contribution >= 4 is 17.2 Å². The molecule has 1 aromatic heterocycles. The lowest BCUT2D eigenvalue weighted by molar-refractivity contribution is -0.134. The van der Waals surface area contributed by atoms with E-state index in [1.807, 2.05) is 6.92 Å². The first-order valence-corrected chi connectivity index (χ1v) is 14.1. The van der Waals surface area contributed by atoms with Crippen molar-refractivity contribution in [1.29, 1.82) is 0 Å². The van der Waals surface area contributed by atoms with Crippen LogP contribution in [-0.4, -0.2) is 66.4 Å². The van der Waals surface area contributed by atoms with E-state index in [-0.39, 0.29) is 40.8 Å². The van der Waals surface area contributed by atoms with Crippen LogP contribution in [0, 0.1) is 29.0 Å². The summed E-state index contributed by atoms with van der Waals surface area (Å²) in [5.74, 6) is -0.375. The van der Waals surface area contributed by atoms with E-state index in [1.165, 1.54) is 17.0 Å². The van der Waals surface area contributed by atoms with Gasteiger partial charge in [0.1, 0.15) is 10.8 Å². The van der Waals surface area contributed by atoms with Crippen LogP contribution >= 0.6 is 11.3 Å². The van der Waals surface area contributed by atoms with E-state index >= 15 is 0 Å². The van der Waals surface area contributed by atoms with Crippen LogP contribution in [0.4, 0.5) is 4.39 Å². The molecule has 2 N–H and O–H groups in total. The highest BCUT2D eigenvalue weighted by Gasteiger charge is 2.53. The maximum absolute atomic E-state index is 13.4. The minimum absolute atomic E-state index is 0.0263. The van der Waals surface area contributed by atoms with Crippen molar-refractivity contribution in [2.75, 3.05) is 39.4 Å². The zero-order chi connectivity index (χ0) is 25.4. The molecule has 5 rings (SSSR count). The second kappa shape index (κ2) is 10.5. The molecule has 1 amide bonds. The number of nitrogens with one attached hydrogen (secondary N) is 1. The molecule has 36 heavy (non-hydrogen) atoms. The molecule has 0 spiro atoms. The van der Waals surface area contributed by atoms with Crippen molar-refractivity contribution in [2.24, 2.45) is 23.2 Å². The Kier molecular flexibility index (Phi) is 7.50. The third-order valence-electron chi connectivity index (χ3n) is 8.90. The van der Waals surface area contributed by atoms with Crippen LogP contribution in [0.2, 0.25) is 0 Å². The minimum Gasteiger partial charge on any atom is -0.392 e. The average Bonchev–Trinajstić information content (AvgIpc) is 3.28. The number of carbonyl (C=O) groups excluding carboxylic acids is 1. The standard InChI is InChI=1S/C28H38FN3O3S/c1-17(26(34)30-10-11-32-12-14-35-15-13-32)21-8-9-28(3)16-22-24(18(2)23(28)25(21)33)31-27(36-22)19-4-6-20(29)7-5-19/h4-7,17-18,21,23,25,33H,8-16H2,1-3H3,(H,30,34). The van der Waals surface area contributed by atoms with Gasteiger partial charge in [-0.3, -0.25) is 9.69 Å². The van der Waals surface area contributed by atoms with Crippen molar-refractivity contribution < 1.29 is 19.0 Å². The summed E-state index contributed by atoms with van der Waals surface area (Å²) in [5, 5.41) is 15.7. The fourth-order valence-electron chi connectivity index (χ4n) is 6.78. The van der Waals surface area contributed by atoms with E-state index in [0.717, 1.165) is 68.4 Å². The summed E-state index contributed by atoms with van der Waals surface area (Å²) in [6, 6.07) is 6.51. The molecule has 1 aromatic carbocycles. The molecule has 1 saturated carbocycles. The molecule has 6 nitrogen and oxygen atoms in total. The maximum atomic E-state index is 13.4. The van der Waals surface area contributed by atoms with Gasteiger partial charge in [0, 0.05) is 48.5 Å². The number of aliphatic hydroxyl groups excluding tert-OH is 1. The Hall–Kier alpha value is -1.87. The second-order valence-electron chi connectivity index (χ2n) is 11.2. The fourth-order valence-corrected chi connectivity index (χ4v) is 8.15. The van der Waals surface area contributed by atoms with Gasteiger partial charge in [0.05, 0.1) is 25.0 Å². The molecular formula is C28H38FN3O3S. The number of rotatable bonds is 6. The zero-order valence-corrected chi connectivity index (χ0v) is 22.3. The van der Waals surface area contributed by atoms with E-state index in [1.54, 1.807) is 23.5 Å². The minimum atomic E-state index is -0.553. The van der Waals surface area contributed by atoms with Crippen molar-refractivity contribution in [3.63, 3.8) is 0 Å². The third kappa shape index (κ3) is 4.97. The van der Waals surface area contributed by atoms with Gasteiger partial charge >= 0.3 is 0 Å². The molecule has 2 aromatic rings. The number of benzene rings is 1. The molecule has 196 valence electrons. The molecule has 2 fully saturated rings. The highest BCUT2D eigenvalue weighted by Crippen LogP contribution is 2.57. The molecule has 8 heteroatoms. The molecule has 6 unspecified atom stereocenters. The van der Waals surface area contributed by atoms with Gasteiger partial charge in [-0.2, -0.15) is 0 Å². The predicted octanol–water partition coefficient (Wildman–Crippen LogP) is 4.09. The summed E-state index contributed by atoms with van der Waals surface area (Å²) >= 11 is 1.70. The molecule has 0 bridgehead atoms. The summed E-state index contributed by atoms with van der Waals surface area (Å²) in [6.45, 7) is 11.2. The first-order chi connectivity index (χ1) is 17.3. The molecule has 0 radical (unpaired) electrons. The van der Waals surface area contributed by atoms with E-state index < -0.39 is 6.10 Å². The number of hydrogen-bond donors (Lipinski definition) is 2. The van der Waals surface area contributed by atoms with Crippen molar-refractivity contribution in [2.45, 2.75) is 52.1 Å². The van der Waals surface area contributed by atoms with Gasteiger partial charge < -0.3 is 15.2 Å². The predicted molar refractivity (Wildman–Crippen MR) is 139 cm³/mol. The van der Waals surface area contributed by atoms with Gasteiger partial charge in [0.2, 0.25) is 5.91 Å². The highest BCUT2D eigenvalue weighted by molar-refractivity contribution is 7.15. The normalized spacial score (nSPS) is 31.4. The number of morpholine rings is 1. The molecule has 2 aliphatic carbocycles. The first-order valence-electron chi connectivity index (χ1n) is 13.3. The number of halogens is 1. The lowest BCUT2D eigenvalue weighted by Gasteiger charge is -2.53. The SMILES string of the molecule is CC(C(=O)NCCN1CCOCC1)C1CCC2(C)Cc3sc(-c4ccc(F)cc4)nc3C(C)C2C1O. The Balaban J connectivity index is 1.27. The van der Waals surface area contributed by atoms with Gasteiger partial charge in [0.15, 0.2) is 0 Å². The number of nitrogens with zero attached hydrogens (tertiary/aromatic N) is 2. The van der Waals surface area contributed by atoms with Crippen molar-refractivity contribution in [1.82, 2.24) is 15.2 Å². The average molecular weight is 516 g/mol. The number of aliphatic hydroxyl groups is 1.